The van der Waals surface area contributed by atoms with Gasteiger partial charge in [0.25, 0.3) is 0 Å². The Morgan fingerprint density at radius 3 is 2.59 bits per heavy atom. The predicted octanol–water partition coefficient (Wildman–Crippen LogP) is 1.11. The minimum Gasteiger partial charge on any atom is -0.379 e. The Hall–Kier alpha value is -1.18. The molecule has 1 saturated heterocycles. The van der Waals surface area contributed by atoms with Crippen LogP contribution < -0.4 is 4.72 Å². The third-order valence-electron chi connectivity index (χ3n) is 4.53. The summed E-state index contributed by atoms with van der Waals surface area (Å²) in [6.07, 6.45) is 1.81. The summed E-state index contributed by atoms with van der Waals surface area (Å²) in [5, 5.41) is 0.794. The number of benzene rings is 1. The van der Waals surface area contributed by atoms with Crippen LogP contribution >= 0.6 is 11.8 Å². The molecule has 3 rings (SSSR count). The standard InChI is InChI=1S/C17H26N4O5S3/c1-3-21-16-6-5-14(29(24,25)20-8-10-26-11-9-20)13-15(16)19-17(21)27-12-4-7-18-28(2,22)23/h5-6,13,18H,3-4,7-12H2,1-2H3. The number of imidazole rings is 1. The van der Waals surface area contributed by atoms with Gasteiger partial charge < -0.3 is 9.30 Å². The summed E-state index contributed by atoms with van der Waals surface area (Å²) in [5.41, 5.74) is 1.52. The Balaban J connectivity index is 1.77. The van der Waals surface area contributed by atoms with Crippen LogP contribution in [0.4, 0.5) is 0 Å². The van der Waals surface area contributed by atoms with Crippen molar-refractivity contribution in [3.05, 3.63) is 18.2 Å². The molecule has 0 radical (unpaired) electrons. The van der Waals surface area contributed by atoms with Crippen molar-refractivity contribution in [2.45, 2.75) is 29.9 Å². The van der Waals surface area contributed by atoms with Gasteiger partial charge in [-0.3, -0.25) is 0 Å². The van der Waals surface area contributed by atoms with Gasteiger partial charge in [-0.05, 0) is 31.5 Å². The number of nitrogens with one attached hydrogen (secondary N) is 1. The Morgan fingerprint density at radius 1 is 1.21 bits per heavy atom. The second kappa shape index (κ2) is 9.31. The number of sulfonamides is 2. The molecule has 0 unspecified atom stereocenters. The van der Waals surface area contributed by atoms with Crippen molar-refractivity contribution in [1.29, 1.82) is 0 Å². The summed E-state index contributed by atoms with van der Waals surface area (Å²) in [4.78, 5) is 4.87. The summed E-state index contributed by atoms with van der Waals surface area (Å²) < 4.78 is 59.2. The molecule has 1 aliphatic rings. The quantitative estimate of drug-likeness (QED) is 0.439. The van der Waals surface area contributed by atoms with Crippen LogP contribution in [0.5, 0.6) is 0 Å². The van der Waals surface area contributed by atoms with E-state index in [2.05, 4.69) is 9.71 Å². The minimum atomic E-state index is -3.57. The Kier molecular flexibility index (Phi) is 7.23. The first-order valence-electron chi connectivity index (χ1n) is 9.38. The number of hydrogen-bond acceptors (Lipinski definition) is 7. The number of rotatable bonds is 9. The number of morpholine rings is 1. The SMILES string of the molecule is CCn1c(SCCCNS(C)(=O)=O)nc2cc(S(=O)(=O)N3CCOCC3)ccc21. The largest absolute Gasteiger partial charge is 0.379 e. The van der Waals surface area contributed by atoms with Crippen LogP contribution in [0.3, 0.4) is 0 Å². The second-order valence-electron chi connectivity index (χ2n) is 6.67. The Labute approximate surface area is 175 Å². The van der Waals surface area contributed by atoms with Gasteiger partial charge >= 0.3 is 0 Å². The molecule has 1 fully saturated rings. The highest BCUT2D eigenvalue weighted by atomic mass is 32.2. The highest BCUT2D eigenvalue weighted by molar-refractivity contribution is 7.99. The van der Waals surface area contributed by atoms with Crippen LogP contribution in [0.2, 0.25) is 0 Å². The lowest BCUT2D eigenvalue weighted by Crippen LogP contribution is -2.40. The Bertz CT molecular complexity index is 1060. The predicted molar refractivity (Wildman–Crippen MR) is 113 cm³/mol. The fraction of sp³-hybridized carbons (Fsp3) is 0.588. The van der Waals surface area contributed by atoms with E-state index in [1.807, 2.05) is 11.5 Å². The van der Waals surface area contributed by atoms with Gasteiger partial charge in [-0.15, -0.1) is 0 Å². The van der Waals surface area contributed by atoms with E-state index in [0.717, 1.165) is 16.9 Å². The third kappa shape index (κ3) is 5.50. The molecule has 1 N–H and O–H groups in total. The fourth-order valence-corrected chi connectivity index (χ4v) is 6.05. The smallest absolute Gasteiger partial charge is 0.243 e. The van der Waals surface area contributed by atoms with Gasteiger partial charge in [-0.2, -0.15) is 4.31 Å². The van der Waals surface area contributed by atoms with Gasteiger partial charge in [-0.1, -0.05) is 11.8 Å². The highest BCUT2D eigenvalue weighted by Gasteiger charge is 2.27. The first kappa shape index (κ1) is 22.5. The molecule has 0 bridgehead atoms. The molecule has 0 aliphatic carbocycles. The van der Waals surface area contributed by atoms with E-state index in [4.69, 9.17) is 4.74 Å². The Morgan fingerprint density at radius 2 is 1.93 bits per heavy atom. The van der Waals surface area contributed by atoms with Crippen LogP contribution in [0.25, 0.3) is 11.0 Å². The van der Waals surface area contributed by atoms with Crippen molar-refractivity contribution in [3.8, 4) is 0 Å². The van der Waals surface area contributed by atoms with Crippen LogP contribution in [0.15, 0.2) is 28.3 Å². The maximum absolute atomic E-state index is 12.9. The van der Waals surface area contributed by atoms with E-state index in [1.165, 1.54) is 16.1 Å². The number of hydrogen-bond donors (Lipinski definition) is 1. The molecule has 162 valence electrons. The molecule has 12 heteroatoms. The zero-order valence-corrected chi connectivity index (χ0v) is 18.9. The number of aryl methyl sites for hydroxylation is 1. The zero-order chi connectivity index (χ0) is 21.1. The lowest BCUT2D eigenvalue weighted by atomic mass is 10.3. The van der Waals surface area contributed by atoms with Gasteiger partial charge in [0.2, 0.25) is 20.0 Å². The van der Waals surface area contributed by atoms with E-state index in [9.17, 15) is 16.8 Å². The zero-order valence-electron chi connectivity index (χ0n) is 16.5. The average Bonchev–Trinajstić information content (AvgIpc) is 3.04. The monoisotopic (exact) mass is 462 g/mol. The first-order valence-corrected chi connectivity index (χ1v) is 13.7. The molecule has 9 nitrogen and oxygen atoms in total. The number of aromatic nitrogens is 2. The molecule has 2 heterocycles. The summed E-state index contributed by atoms with van der Waals surface area (Å²) in [5.74, 6) is 0.699. The minimum absolute atomic E-state index is 0.238. The van der Waals surface area contributed by atoms with E-state index in [0.29, 0.717) is 57.1 Å². The fourth-order valence-electron chi connectivity index (χ4n) is 3.09. The molecule has 1 aromatic carbocycles. The van der Waals surface area contributed by atoms with E-state index >= 15 is 0 Å². The van der Waals surface area contributed by atoms with Crippen molar-refractivity contribution in [3.63, 3.8) is 0 Å². The topological polar surface area (TPSA) is 111 Å². The van der Waals surface area contributed by atoms with Crippen molar-refractivity contribution >= 4 is 42.8 Å². The van der Waals surface area contributed by atoms with E-state index in [-0.39, 0.29) is 4.90 Å². The van der Waals surface area contributed by atoms with Crippen molar-refractivity contribution in [1.82, 2.24) is 18.6 Å². The average molecular weight is 463 g/mol. The molecule has 29 heavy (non-hydrogen) atoms. The van der Waals surface area contributed by atoms with Gasteiger partial charge in [0, 0.05) is 31.9 Å². The van der Waals surface area contributed by atoms with Gasteiger partial charge in [-0.25, -0.2) is 26.5 Å². The lowest BCUT2D eigenvalue weighted by molar-refractivity contribution is 0.0730. The van der Waals surface area contributed by atoms with Crippen molar-refractivity contribution in [2.24, 2.45) is 0 Å². The molecule has 2 aromatic rings. The number of nitrogens with zero attached hydrogens (tertiary/aromatic N) is 3. The van der Waals surface area contributed by atoms with Crippen molar-refractivity contribution in [2.75, 3.05) is 44.9 Å². The number of fused-ring (bicyclic) bond motifs is 1. The third-order valence-corrected chi connectivity index (χ3v) is 8.21. The van der Waals surface area contributed by atoms with Crippen LogP contribution in [0, 0.1) is 0 Å². The molecule has 0 saturated carbocycles. The molecule has 0 atom stereocenters. The van der Waals surface area contributed by atoms with E-state index < -0.39 is 20.0 Å². The second-order valence-corrected chi connectivity index (χ2v) is 11.5. The molecular formula is C17H26N4O5S3. The van der Waals surface area contributed by atoms with Gasteiger partial charge in [0.15, 0.2) is 5.16 Å². The van der Waals surface area contributed by atoms with Crippen LogP contribution in [0.1, 0.15) is 13.3 Å². The molecular weight excluding hydrogens is 436 g/mol. The summed E-state index contributed by atoms with van der Waals surface area (Å²) in [7, 11) is -6.75. The van der Waals surface area contributed by atoms with Crippen LogP contribution in [-0.4, -0.2) is 75.5 Å². The normalized spacial score (nSPS) is 16.5. The maximum Gasteiger partial charge on any atom is 0.243 e. The highest BCUT2D eigenvalue weighted by Crippen LogP contribution is 2.27. The number of ether oxygens (including phenoxy) is 1. The molecule has 1 aromatic heterocycles. The first-order chi connectivity index (χ1) is 13.7. The van der Waals surface area contributed by atoms with Gasteiger partial charge in [0.1, 0.15) is 0 Å². The molecule has 0 amide bonds. The molecule has 0 spiro atoms. The van der Waals surface area contributed by atoms with Gasteiger partial charge in [0.05, 0.1) is 35.4 Å². The van der Waals surface area contributed by atoms with Crippen LogP contribution in [-0.2, 0) is 31.3 Å². The summed E-state index contributed by atoms with van der Waals surface area (Å²) >= 11 is 1.53. The maximum atomic E-state index is 12.9. The van der Waals surface area contributed by atoms with E-state index in [1.54, 1.807) is 18.2 Å². The molecule has 1 aliphatic heterocycles. The van der Waals surface area contributed by atoms with Crippen molar-refractivity contribution < 1.29 is 21.6 Å². The number of thioether (sulfide) groups is 1. The summed E-state index contributed by atoms with van der Waals surface area (Å²) in [6, 6.07) is 5.06. The lowest BCUT2D eigenvalue weighted by Gasteiger charge is -2.26. The summed E-state index contributed by atoms with van der Waals surface area (Å²) in [6.45, 7) is 4.60.